The molecule has 0 aliphatic heterocycles. The minimum absolute atomic E-state index is 0.172. The van der Waals surface area contributed by atoms with Crippen molar-refractivity contribution in [2.45, 2.75) is 57.0 Å². The van der Waals surface area contributed by atoms with E-state index in [2.05, 4.69) is 32.0 Å². The Kier molecular flexibility index (Phi) is 8.63. The molecule has 0 radical (unpaired) electrons. The summed E-state index contributed by atoms with van der Waals surface area (Å²) in [6.07, 6.45) is 12.0. The highest BCUT2D eigenvalue weighted by Crippen LogP contribution is 2.47. The summed E-state index contributed by atoms with van der Waals surface area (Å²) in [5.41, 5.74) is 2.14. The van der Waals surface area contributed by atoms with Gasteiger partial charge in [0, 0.05) is 29.9 Å². The van der Waals surface area contributed by atoms with Crippen LogP contribution in [-0.2, 0) is 11.8 Å². The molecule has 1 aromatic carbocycles. The summed E-state index contributed by atoms with van der Waals surface area (Å²) in [6.45, 7) is 11.7. The van der Waals surface area contributed by atoms with Crippen LogP contribution in [0.15, 0.2) is 60.5 Å². The Labute approximate surface area is 206 Å². The molecule has 0 amide bonds. The quantitative estimate of drug-likeness (QED) is 0.137. The van der Waals surface area contributed by atoms with Crippen LogP contribution in [0.3, 0.4) is 0 Å². The van der Waals surface area contributed by atoms with Gasteiger partial charge in [-0.1, -0.05) is 18.7 Å². The van der Waals surface area contributed by atoms with Gasteiger partial charge in [-0.25, -0.2) is 17.6 Å². The van der Waals surface area contributed by atoms with Gasteiger partial charge in [-0.2, -0.15) is 0 Å². The summed E-state index contributed by atoms with van der Waals surface area (Å²) in [5, 5.41) is 1.84. The molecule has 0 nitrogen and oxygen atoms in total. The van der Waals surface area contributed by atoms with E-state index in [1.54, 1.807) is 0 Å². The molecule has 184 valence electrons. The SMILES string of the molecule is C=C/C(=C/c1cc(-c2cc(C(C)(F)F)cc(C(C)(F)F)c2)cs1)CP(C)C1CCC(C=C)CC1. The number of thiophene rings is 1. The van der Waals surface area contributed by atoms with Crippen molar-refractivity contribution < 1.29 is 17.6 Å². The fourth-order valence-corrected chi connectivity index (χ4v) is 7.54. The Morgan fingerprint density at radius 2 is 1.56 bits per heavy atom. The van der Waals surface area contributed by atoms with Crippen molar-refractivity contribution in [2.24, 2.45) is 5.92 Å². The van der Waals surface area contributed by atoms with Gasteiger partial charge in [0.2, 0.25) is 0 Å². The normalized spacial score (nSPS) is 20.7. The van der Waals surface area contributed by atoms with Gasteiger partial charge in [0.25, 0.3) is 11.8 Å². The molecule has 0 saturated heterocycles. The number of allylic oxidation sites excluding steroid dienone is 3. The van der Waals surface area contributed by atoms with E-state index in [-0.39, 0.29) is 7.92 Å². The van der Waals surface area contributed by atoms with E-state index in [1.807, 2.05) is 17.5 Å². The van der Waals surface area contributed by atoms with Crippen molar-refractivity contribution in [1.82, 2.24) is 0 Å². The number of hydrogen-bond acceptors (Lipinski definition) is 1. The molecule has 6 heteroatoms. The Morgan fingerprint density at radius 1 is 0.971 bits per heavy atom. The van der Waals surface area contributed by atoms with Gasteiger partial charge in [0.15, 0.2) is 0 Å². The first-order valence-electron chi connectivity index (χ1n) is 11.6. The lowest BCUT2D eigenvalue weighted by Gasteiger charge is -2.31. The zero-order valence-electron chi connectivity index (χ0n) is 20.1. The second kappa shape index (κ2) is 10.9. The molecule has 1 fully saturated rings. The smallest absolute Gasteiger partial charge is 0.202 e. The van der Waals surface area contributed by atoms with Crippen molar-refractivity contribution in [3.63, 3.8) is 0 Å². The summed E-state index contributed by atoms with van der Waals surface area (Å²) < 4.78 is 56.0. The van der Waals surface area contributed by atoms with Gasteiger partial charge in [0.1, 0.15) is 0 Å². The first-order chi connectivity index (χ1) is 15.9. The highest BCUT2D eigenvalue weighted by atomic mass is 32.1. The predicted octanol–water partition coefficient (Wildman–Crippen LogP) is 10.1. The van der Waals surface area contributed by atoms with E-state index in [0.29, 0.717) is 17.0 Å². The number of hydrogen-bond donors (Lipinski definition) is 0. The lowest BCUT2D eigenvalue weighted by Crippen LogP contribution is -2.17. The van der Waals surface area contributed by atoms with E-state index in [1.165, 1.54) is 49.2 Å². The van der Waals surface area contributed by atoms with Crippen LogP contribution < -0.4 is 0 Å². The van der Waals surface area contributed by atoms with E-state index in [0.717, 1.165) is 42.2 Å². The monoisotopic (exact) mass is 508 g/mol. The highest BCUT2D eigenvalue weighted by Gasteiger charge is 2.31. The Bertz CT molecular complexity index is 1000. The number of halogens is 4. The Hall–Kier alpha value is -1.71. The molecule has 1 aliphatic carbocycles. The van der Waals surface area contributed by atoms with Crippen LogP contribution in [0.2, 0.25) is 0 Å². The number of rotatable bonds is 9. The fourth-order valence-electron chi connectivity index (χ4n) is 4.43. The molecule has 34 heavy (non-hydrogen) atoms. The summed E-state index contributed by atoms with van der Waals surface area (Å²) in [4.78, 5) is 0.960. The third-order valence-electron chi connectivity index (χ3n) is 6.62. The van der Waals surface area contributed by atoms with Crippen molar-refractivity contribution >= 4 is 25.3 Å². The Balaban J connectivity index is 1.81. The lowest BCUT2D eigenvalue weighted by molar-refractivity contribution is 0.0106. The maximum absolute atomic E-state index is 14.0. The van der Waals surface area contributed by atoms with Gasteiger partial charge < -0.3 is 0 Å². The predicted molar refractivity (Wildman–Crippen MR) is 141 cm³/mol. The summed E-state index contributed by atoms with van der Waals surface area (Å²) in [7, 11) is -0.172. The fraction of sp³-hybridized carbons (Fsp3) is 0.429. The largest absolute Gasteiger partial charge is 0.270 e. The summed E-state index contributed by atoms with van der Waals surface area (Å²) >= 11 is 1.48. The molecular weight excluding hydrogens is 475 g/mol. The molecule has 0 bridgehead atoms. The van der Waals surface area contributed by atoms with Gasteiger partial charge >= 0.3 is 0 Å². The molecule has 0 N–H and O–H groups in total. The molecule has 1 aromatic heterocycles. The summed E-state index contributed by atoms with van der Waals surface area (Å²) in [5.74, 6) is -5.75. The molecule has 1 aliphatic rings. The van der Waals surface area contributed by atoms with Crippen LogP contribution in [0.25, 0.3) is 17.2 Å². The average molecular weight is 509 g/mol. The van der Waals surface area contributed by atoms with Crippen LogP contribution in [0, 0.1) is 5.92 Å². The van der Waals surface area contributed by atoms with Gasteiger partial charge in [0.05, 0.1) is 0 Å². The van der Waals surface area contributed by atoms with E-state index in [4.69, 9.17) is 0 Å². The number of alkyl halides is 4. The summed E-state index contributed by atoms with van der Waals surface area (Å²) in [6, 6.07) is 5.40. The first kappa shape index (κ1) is 26.9. The first-order valence-corrected chi connectivity index (χ1v) is 14.5. The van der Waals surface area contributed by atoms with Gasteiger partial charge in [-0.15, -0.1) is 25.8 Å². The number of benzene rings is 1. The van der Waals surface area contributed by atoms with Gasteiger partial charge in [-0.05, 0) is 103 Å². The molecule has 2 aromatic rings. The van der Waals surface area contributed by atoms with Crippen molar-refractivity contribution in [3.8, 4) is 11.1 Å². The minimum atomic E-state index is -3.20. The molecule has 1 atom stereocenters. The van der Waals surface area contributed by atoms with Crippen LogP contribution >= 0.6 is 19.3 Å². The third-order valence-corrected chi connectivity index (χ3v) is 10.1. The molecule has 0 spiro atoms. The molecule has 1 heterocycles. The van der Waals surface area contributed by atoms with E-state index >= 15 is 0 Å². The average Bonchev–Trinajstić information content (AvgIpc) is 3.25. The van der Waals surface area contributed by atoms with Crippen LogP contribution in [0.1, 0.15) is 55.5 Å². The van der Waals surface area contributed by atoms with E-state index < -0.39 is 23.0 Å². The lowest BCUT2D eigenvalue weighted by atomic mass is 9.89. The Morgan fingerprint density at radius 3 is 2.06 bits per heavy atom. The highest BCUT2D eigenvalue weighted by molar-refractivity contribution is 7.57. The maximum Gasteiger partial charge on any atom is 0.270 e. The van der Waals surface area contributed by atoms with Gasteiger partial charge in [-0.3, -0.25) is 0 Å². The zero-order valence-corrected chi connectivity index (χ0v) is 21.8. The molecule has 1 saturated carbocycles. The van der Waals surface area contributed by atoms with Crippen LogP contribution in [0.5, 0.6) is 0 Å². The second-order valence-electron chi connectivity index (χ2n) is 9.46. The van der Waals surface area contributed by atoms with Crippen LogP contribution in [0.4, 0.5) is 17.6 Å². The standard InChI is InChI=1S/C28H33F4PS/c1-6-19-8-10-25(11-9-19)33(5)17-20(7-2)12-26-15-22(18-34-26)21-13-23(27(3,29)30)16-24(14-21)28(4,31)32/h6-7,12-16,18-19,25H,1-2,8-11,17H2,3-5H3/b20-12-. The van der Waals surface area contributed by atoms with Crippen molar-refractivity contribution in [1.29, 1.82) is 0 Å². The minimum Gasteiger partial charge on any atom is -0.202 e. The molecule has 1 unspecified atom stereocenters. The third kappa shape index (κ3) is 6.92. The van der Waals surface area contributed by atoms with Crippen molar-refractivity contribution in [2.75, 3.05) is 12.8 Å². The topological polar surface area (TPSA) is 0 Å². The van der Waals surface area contributed by atoms with E-state index in [9.17, 15) is 17.6 Å². The second-order valence-corrected chi connectivity index (χ2v) is 13.0. The zero-order chi connectivity index (χ0) is 25.1. The van der Waals surface area contributed by atoms with Crippen molar-refractivity contribution in [3.05, 3.63) is 76.5 Å². The molecule has 3 rings (SSSR count). The maximum atomic E-state index is 14.0. The van der Waals surface area contributed by atoms with Crippen LogP contribution in [-0.4, -0.2) is 18.5 Å². The molecular formula is C28H33F4PS.